The minimum atomic E-state index is -1.79. The van der Waals surface area contributed by atoms with Crippen LogP contribution in [0.5, 0.6) is 5.88 Å². The maximum Gasteiger partial charge on any atom is 0.226 e. The van der Waals surface area contributed by atoms with Gasteiger partial charge >= 0.3 is 0 Å². The summed E-state index contributed by atoms with van der Waals surface area (Å²) in [6, 6.07) is 3.55. The summed E-state index contributed by atoms with van der Waals surface area (Å²) in [6.07, 6.45) is 1.61. The normalized spacial score (nSPS) is 12.3. The van der Waals surface area contributed by atoms with Crippen LogP contribution in [0, 0.1) is 6.92 Å². The molecule has 0 atom stereocenters. The number of hydrogen-bond donors (Lipinski definition) is 1. The summed E-state index contributed by atoms with van der Waals surface area (Å²) in [5.41, 5.74) is 8.63. The summed E-state index contributed by atoms with van der Waals surface area (Å²) in [5, 5.41) is 0.278. The number of rotatable bonds is 6. The molecule has 26 heavy (non-hydrogen) atoms. The van der Waals surface area contributed by atoms with Gasteiger partial charge < -0.3 is 14.9 Å². The van der Waals surface area contributed by atoms with Crippen LogP contribution in [0.3, 0.4) is 0 Å². The highest BCUT2D eigenvalue weighted by molar-refractivity contribution is 6.74. The molecule has 0 fully saturated rings. The standard InChI is InChI=1S/C18H27ClN4O2Si/c1-12-14(9-13(20)11-21-12)15-10-16(23-17(19)22-15)24-7-8-25-26(5,6)18(2,3)4/h9-11H,7-8,20H2,1-6H3. The van der Waals surface area contributed by atoms with E-state index in [0.717, 1.165) is 11.3 Å². The summed E-state index contributed by atoms with van der Waals surface area (Å²) in [7, 11) is -1.79. The van der Waals surface area contributed by atoms with Gasteiger partial charge in [-0.15, -0.1) is 0 Å². The zero-order chi connectivity index (χ0) is 19.5. The molecule has 2 rings (SSSR count). The van der Waals surface area contributed by atoms with E-state index in [0.29, 0.717) is 30.5 Å². The summed E-state index contributed by atoms with van der Waals surface area (Å²) >= 11 is 6.06. The Morgan fingerprint density at radius 1 is 1.15 bits per heavy atom. The molecule has 0 aliphatic carbocycles. The first kappa shape index (κ1) is 20.6. The van der Waals surface area contributed by atoms with Gasteiger partial charge in [-0.2, -0.15) is 4.98 Å². The third-order valence-corrected chi connectivity index (χ3v) is 9.37. The minimum Gasteiger partial charge on any atom is -0.475 e. The monoisotopic (exact) mass is 394 g/mol. The molecule has 0 amide bonds. The third kappa shape index (κ3) is 5.15. The number of nitrogens with zero attached hydrogens (tertiary/aromatic N) is 3. The Morgan fingerprint density at radius 2 is 1.85 bits per heavy atom. The van der Waals surface area contributed by atoms with Crippen molar-refractivity contribution >= 4 is 25.6 Å². The highest BCUT2D eigenvalue weighted by atomic mass is 35.5. The highest BCUT2D eigenvalue weighted by Crippen LogP contribution is 2.36. The molecule has 0 unspecified atom stereocenters. The van der Waals surface area contributed by atoms with Crippen LogP contribution in [0.1, 0.15) is 26.5 Å². The second-order valence-electron chi connectivity index (χ2n) is 7.72. The van der Waals surface area contributed by atoms with Gasteiger partial charge in [0, 0.05) is 17.3 Å². The number of nitrogen functional groups attached to an aromatic ring is 1. The molecule has 142 valence electrons. The Balaban J connectivity index is 2.08. The Kier molecular flexibility index (Phi) is 6.26. The van der Waals surface area contributed by atoms with E-state index in [2.05, 4.69) is 48.8 Å². The van der Waals surface area contributed by atoms with Crippen LogP contribution in [0.25, 0.3) is 11.3 Å². The molecule has 2 heterocycles. The fraction of sp³-hybridized carbons (Fsp3) is 0.500. The topological polar surface area (TPSA) is 83.2 Å². The van der Waals surface area contributed by atoms with Gasteiger partial charge in [0.25, 0.3) is 0 Å². The lowest BCUT2D eigenvalue weighted by Gasteiger charge is -2.36. The number of pyridine rings is 1. The zero-order valence-electron chi connectivity index (χ0n) is 16.3. The quantitative estimate of drug-likeness (QED) is 0.441. The Labute approximate surface area is 161 Å². The van der Waals surface area contributed by atoms with Crippen molar-refractivity contribution < 1.29 is 9.16 Å². The predicted octanol–water partition coefficient (Wildman–Crippen LogP) is 4.48. The van der Waals surface area contributed by atoms with Crippen LogP contribution in [0.2, 0.25) is 23.4 Å². The summed E-state index contributed by atoms with van der Waals surface area (Å²) in [5.74, 6) is 0.403. The first-order valence-electron chi connectivity index (χ1n) is 8.53. The van der Waals surface area contributed by atoms with Gasteiger partial charge in [-0.1, -0.05) is 20.8 Å². The third-order valence-electron chi connectivity index (χ3n) is 4.66. The maximum atomic E-state index is 6.11. The van der Waals surface area contributed by atoms with Crippen molar-refractivity contribution in [1.29, 1.82) is 0 Å². The number of hydrogen-bond acceptors (Lipinski definition) is 6. The van der Waals surface area contributed by atoms with E-state index in [4.69, 9.17) is 26.5 Å². The molecular weight excluding hydrogens is 368 g/mol. The number of anilines is 1. The van der Waals surface area contributed by atoms with Gasteiger partial charge in [0.15, 0.2) is 8.32 Å². The van der Waals surface area contributed by atoms with E-state index in [1.165, 1.54) is 0 Å². The van der Waals surface area contributed by atoms with E-state index >= 15 is 0 Å². The minimum absolute atomic E-state index is 0.115. The molecule has 0 aromatic carbocycles. The molecule has 0 radical (unpaired) electrons. The number of halogens is 1. The van der Waals surface area contributed by atoms with Crippen molar-refractivity contribution in [2.24, 2.45) is 0 Å². The van der Waals surface area contributed by atoms with Crippen LogP contribution >= 0.6 is 11.6 Å². The first-order chi connectivity index (χ1) is 12.0. The number of nitrogens with two attached hydrogens (primary N) is 1. The van der Waals surface area contributed by atoms with Gasteiger partial charge in [0.1, 0.15) is 6.61 Å². The van der Waals surface area contributed by atoms with E-state index < -0.39 is 8.32 Å². The van der Waals surface area contributed by atoms with Crippen LogP contribution in [-0.2, 0) is 4.43 Å². The van der Waals surface area contributed by atoms with Gasteiger partial charge in [0.2, 0.25) is 11.2 Å². The van der Waals surface area contributed by atoms with E-state index in [-0.39, 0.29) is 10.3 Å². The second-order valence-corrected chi connectivity index (χ2v) is 12.9. The second kappa shape index (κ2) is 7.90. The Hall–Kier alpha value is -1.70. The summed E-state index contributed by atoms with van der Waals surface area (Å²) < 4.78 is 11.8. The molecular formula is C18H27ClN4O2Si. The fourth-order valence-corrected chi connectivity index (χ4v) is 3.28. The molecule has 0 saturated carbocycles. The van der Waals surface area contributed by atoms with Gasteiger partial charge in [-0.05, 0) is 42.7 Å². The Morgan fingerprint density at radius 3 is 2.50 bits per heavy atom. The SMILES string of the molecule is Cc1ncc(N)cc1-c1cc(OCCO[Si](C)(C)C(C)(C)C)nc(Cl)n1. The van der Waals surface area contributed by atoms with Crippen LogP contribution < -0.4 is 10.5 Å². The predicted molar refractivity (Wildman–Crippen MR) is 108 cm³/mol. The molecule has 8 heteroatoms. The van der Waals surface area contributed by atoms with E-state index in [1.807, 2.05) is 13.0 Å². The average molecular weight is 395 g/mol. The van der Waals surface area contributed by atoms with E-state index in [9.17, 15) is 0 Å². The molecule has 0 bridgehead atoms. The molecule has 0 spiro atoms. The highest BCUT2D eigenvalue weighted by Gasteiger charge is 2.36. The number of aromatic nitrogens is 3. The molecule has 0 aliphatic rings. The van der Waals surface area contributed by atoms with E-state index in [1.54, 1.807) is 12.3 Å². The lowest BCUT2D eigenvalue weighted by atomic mass is 10.1. The largest absolute Gasteiger partial charge is 0.475 e. The van der Waals surface area contributed by atoms with Crippen molar-refractivity contribution in [3.05, 3.63) is 29.3 Å². The van der Waals surface area contributed by atoms with Gasteiger partial charge in [-0.3, -0.25) is 4.98 Å². The van der Waals surface area contributed by atoms with Crippen LogP contribution in [0.15, 0.2) is 18.3 Å². The van der Waals surface area contributed by atoms with Crippen LogP contribution in [-0.4, -0.2) is 36.5 Å². The Bertz CT molecular complexity index is 778. The number of ether oxygens (including phenoxy) is 1. The van der Waals surface area contributed by atoms with Crippen molar-refractivity contribution in [2.45, 2.75) is 45.8 Å². The molecule has 2 N–H and O–H groups in total. The maximum absolute atomic E-state index is 6.11. The lowest BCUT2D eigenvalue weighted by molar-refractivity contribution is 0.199. The average Bonchev–Trinajstić information content (AvgIpc) is 2.52. The fourth-order valence-electron chi connectivity index (χ4n) is 2.08. The molecule has 6 nitrogen and oxygen atoms in total. The molecule has 2 aromatic heterocycles. The first-order valence-corrected chi connectivity index (χ1v) is 11.8. The molecule has 0 saturated heterocycles. The van der Waals surface area contributed by atoms with Crippen molar-refractivity contribution in [1.82, 2.24) is 15.0 Å². The number of aryl methyl sites for hydroxylation is 1. The smallest absolute Gasteiger partial charge is 0.226 e. The van der Waals surface area contributed by atoms with Crippen LogP contribution in [0.4, 0.5) is 5.69 Å². The van der Waals surface area contributed by atoms with Crippen molar-refractivity contribution in [3.63, 3.8) is 0 Å². The zero-order valence-corrected chi connectivity index (χ0v) is 18.0. The van der Waals surface area contributed by atoms with Crippen molar-refractivity contribution in [2.75, 3.05) is 18.9 Å². The molecule has 2 aromatic rings. The summed E-state index contributed by atoms with van der Waals surface area (Å²) in [4.78, 5) is 12.6. The molecule has 0 aliphatic heterocycles. The van der Waals surface area contributed by atoms with Crippen molar-refractivity contribution in [3.8, 4) is 17.1 Å². The lowest BCUT2D eigenvalue weighted by Crippen LogP contribution is -2.41. The summed E-state index contributed by atoms with van der Waals surface area (Å²) in [6.45, 7) is 13.8. The van der Waals surface area contributed by atoms with Gasteiger partial charge in [-0.25, -0.2) is 4.98 Å². The van der Waals surface area contributed by atoms with Gasteiger partial charge in [0.05, 0.1) is 24.2 Å².